The van der Waals surface area contributed by atoms with E-state index in [0.717, 1.165) is 19.4 Å². The molecule has 2 rings (SSSR count). The summed E-state index contributed by atoms with van der Waals surface area (Å²) in [5.74, 6) is -1.25. The first-order valence-electron chi connectivity index (χ1n) is 7.24. The molecule has 1 fully saturated rings. The number of nitrogens with one attached hydrogen (secondary N) is 1. The molecular formula is C16H22N2O3. The summed E-state index contributed by atoms with van der Waals surface area (Å²) in [4.78, 5) is 24.4. The number of carbonyl (C=O) groups excluding carboxylic acids is 1. The Morgan fingerprint density at radius 3 is 2.57 bits per heavy atom. The van der Waals surface area contributed by atoms with Gasteiger partial charge >= 0.3 is 5.97 Å². The van der Waals surface area contributed by atoms with Gasteiger partial charge in [0.25, 0.3) is 0 Å². The molecule has 1 aromatic rings. The van der Waals surface area contributed by atoms with Gasteiger partial charge < -0.3 is 10.4 Å². The number of benzene rings is 1. The quantitative estimate of drug-likeness (QED) is 0.798. The number of carbonyl (C=O) groups is 2. The van der Waals surface area contributed by atoms with Crippen molar-refractivity contribution < 1.29 is 14.7 Å². The molecule has 0 atom stereocenters. The van der Waals surface area contributed by atoms with E-state index in [9.17, 15) is 9.59 Å². The molecule has 0 aromatic heterocycles. The lowest BCUT2D eigenvalue weighted by molar-refractivity contribution is -0.138. The molecule has 0 aliphatic heterocycles. The topological polar surface area (TPSA) is 69.6 Å². The van der Waals surface area contributed by atoms with Crippen LogP contribution in [0.3, 0.4) is 0 Å². The SMILES string of the molecule is Cc1ccc(CN(CC(=O)NCC(=O)O)C2CC2)cc1C. The van der Waals surface area contributed by atoms with Crippen LogP contribution in [0.4, 0.5) is 0 Å². The number of amides is 1. The van der Waals surface area contributed by atoms with Crippen molar-refractivity contribution in [3.05, 3.63) is 34.9 Å². The van der Waals surface area contributed by atoms with Crippen LogP contribution >= 0.6 is 0 Å². The highest BCUT2D eigenvalue weighted by Gasteiger charge is 2.30. The Bertz CT molecular complexity index is 538. The van der Waals surface area contributed by atoms with Crippen molar-refractivity contribution in [2.45, 2.75) is 39.3 Å². The number of nitrogens with zero attached hydrogens (tertiary/aromatic N) is 1. The summed E-state index contributed by atoms with van der Waals surface area (Å²) in [6, 6.07) is 6.79. The Labute approximate surface area is 125 Å². The minimum Gasteiger partial charge on any atom is -0.480 e. The largest absolute Gasteiger partial charge is 0.480 e. The molecule has 1 saturated carbocycles. The number of carboxylic acids is 1. The zero-order chi connectivity index (χ0) is 15.4. The standard InChI is InChI=1S/C16H22N2O3/c1-11-3-4-13(7-12(11)2)9-18(14-5-6-14)10-15(19)17-8-16(20)21/h3-4,7,14H,5-6,8-10H2,1-2H3,(H,17,19)(H,20,21). The van der Waals surface area contributed by atoms with Gasteiger partial charge in [0.2, 0.25) is 5.91 Å². The third kappa shape index (κ3) is 4.86. The molecule has 0 unspecified atom stereocenters. The molecule has 0 spiro atoms. The molecule has 1 aliphatic rings. The monoisotopic (exact) mass is 290 g/mol. The molecule has 1 aliphatic carbocycles. The second-order valence-electron chi connectivity index (χ2n) is 5.73. The maximum atomic E-state index is 11.8. The fourth-order valence-corrected chi connectivity index (χ4v) is 2.30. The minimum absolute atomic E-state index is 0.229. The average Bonchev–Trinajstić information content (AvgIpc) is 3.24. The second-order valence-corrected chi connectivity index (χ2v) is 5.73. The molecule has 0 radical (unpaired) electrons. The molecule has 1 aromatic carbocycles. The van der Waals surface area contributed by atoms with E-state index in [0.29, 0.717) is 6.04 Å². The molecule has 0 saturated heterocycles. The van der Waals surface area contributed by atoms with Crippen LogP contribution in [0.1, 0.15) is 29.5 Å². The van der Waals surface area contributed by atoms with Crippen LogP contribution in [-0.2, 0) is 16.1 Å². The van der Waals surface area contributed by atoms with Crippen molar-refractivity contribution in [2.24, 2.45) is 0 Å². The Balaban J connectivity index is 1.94. The molecule has 21 heavy (non-hydrogen) atoms. The van der Waals surface area contributed by atoms with Crippen LogP contribution in [-0.4, -0.2) is 41.0 Å². The van der Waals surface area contributed by atoms with Gasteiger partial charge in [-0.1, -0.05) is 18.2 Å². The lowest BCUT2D eigenvalue weighted by atomic mass is 10.1. The van der Waals surface area contributed by atoms with Crippen LogP contribution in [0.2, 0.25) is 0 Å². The average molecular weight is 290 g/mol. The third-order valence-electron chi connectivity index (χ3n) is 3.80. The summed E-state index contributed by atoms with van der Waals surface area (Å²) >= 11 is 0. The molecule has 0 heterocycles. The Hall–Kier alpha value is -1.88. The Kier molecular flexibility index (Phi) is 4.96. The van der Waals surface area contributed by atoms with E-state index in [4.69, 9.17) is 5.11 Å². The van der Waals surface area contributed by atoms with Gasteiger partial charge in [0.05, 0.1) is 6.54 Å². The first kappa shape index (κ1) is 15.5. The van der Waals surface area contributed by atoms with Crippen LogP contribution < -0.4 is 5.32 Å². The first-order valence-corrected chi connectivity index (χ1v) is 7.24. The highest BCUT2D eigenvalue weighted by Crippen LogP contribution is 2.28. The number of aliphatic carboxylic acids is 1. The van der Waals surface area contributed by atoms with Crippen LogP contribution in [0, 0.1) is 13.8 Å². The molecule has 114 valence electrons. The van der Waals surface area contributed by atoms with Crippen molar-refractivity contribution in [2.75, 3.05) is 13.1 Å². The Morgan fingerprint density at radius 2 is 2.00 bits per heavy atom. The van der Waals surface area contributed by atoms with Crippen molar-refractivity contribution in [1.82, 2.24) is 10.2 Å². The zero-order valence-electron chi connectivity index (χ0n) is 12.6. The van der Waals surface area contributed by atoms with Gasteiger partial charge in [0.1, 0.15) is 6.54 Å². The second kappa shape index (κ2) is 6.72. The molecule has 2 N–H and O–H groups in total. The summed E-state index contributed by atoms with van der Waals surface area (Å²) < 4.78 is 0. The van der Waals surface area contributed by atoms with Crippen molar-refractivity contribution in [1.29, 1.82) is 0 Å². The van der Waals surface area contributed by atoms with Gasteiger partial charge in [-0.15, -0.1) is 0 Å². The molecule has 0 bridgehead atoms. The highest BCUT2D eigenvalue weighted by atomic mass is 16.4. The van der Waals surface area contributed by atoms with Gasteiger partial charge in [-0.2, -0.15) is 0 Å². The summed E-state index contributed by atoms with van der Waals surface area (Å²) in [6.45, 7) is 4.83. The van der Waals surface area contributed by atoms with E-state index >= 15 is 0 Å². The minimum atomic E-state index is -1.02. The van der Waals surface area contributed by atoms with Gasteiger partial charge in [-0.3, -0.25) is 14.5 Å². The highest BCUT2D eigenvalue weighted by molar-refractivity contribution is 5.82. The van der Waals surface area contributed by atoms with Gasteiger partial charge in [0.15, 0.2) is 0 Å². The smallest absolute Gasteiger partial charge is 0.322 e. The summed E-state index contributed by atoms with van der Waals surface area (Å²) in [7, 11) is 0. The van der Waals surface area contributed by atoms with Crippen molar-refractivity contribution in [3.63, 3.8) is 0 Å². The van der Waals surface area contributed by atoms with Gasteiger partial charge in [0, 0.05) is 12.6 Å². The predicted octanol–water partition coefficient (Wildman–Crippen LogP) is 1.47. The Morgan fingerprint density at radius 1 is 1.29 bits per heavy atom. The number of hydrogen-bond donors (Lipinski definition) is 2. The first-order chi connectivity index (χ1) is 9.95. The molecule has 5 heteroatoms. The maximum absolute atomic E-state index is 11.8. The van der Waals surface area contributed by atoms with E-state index in [1.807, 2.05) is 0 Å². The number of rotatable bonds is 7. The van der Waals surface area contributed by atoms with E-state index < -0.39 is 5.97 Å². The number of hydrogen-bond acceptors (Lipinski definition) is 3. The van der Waals surface area contributed by atoms with Crippen LogP contribution in [0.25, 0.3) is 0 Å². The van der Waals surface area contributed by atoms with Gasteiger partial charge in [-0.25, -0.2) is 0 Å². The summed E-state index contributed by atoms with van der Waals surface area (Å²) in [5, 5.41) is 11.0. The zero-order valence-corrected chi connectivity index (χ0v) is 12.6. The van der Waals surface area contributed by atoms with Crippen molar-refractivity contribution in [3.8, 4) is 0 Å². The van der Waals surface area contributed by atoms with Gasteiger partial charge in [-0.05, 0) is 43.4 Å². The molecule has 5 nitrogen and oxygen atoms in total. The predicted molar refractivity (Wildman–Crippen MR) is 80.0 cm³/mol. The normalized spacial score (nSPS) is 14.2. The van der Waals surface area contributed by atoms with E-state index in [2.05, 4.69) is 42.3 Å². The number of aryl methyl sites for hydroxylation is 2. The fourth-order valence-electron chi connectivity index (χ4n) is 2.30. The third-order valence-corrected chi connectivity index (χ3v) is 3.80. The van der Waals surface area contributed by atoms with E-state index in [-0.39, 0.29) is 19.0 Å². The fraction of sp³-hybridized carbons (Fsp3) is 0.500. The molecule has 1 amide bonds. The number of carboxylic acid groups (broad SMARTS) is 1. The van der Waals surface area contributed by atoms with E-state index in [1.54, 1.807) is 0 Å². The maximum Gasteiger partial charge on any atom is 0.322 e. The molecular weight excluding hydrogens is 268 g/mol. The van der Waals surface area contributed by atoms with Crippen LogP contribution in [0.5, 0.6) is 0 Å². The summed E-state index contributed by atoms with van der Waals surface area (Å²) in [6.07, 6.45) is 2.22. The lowest BCUT2D eigenvalue weighted by Crippen LogP contribution is -2.40. The van der Waals surface area contributed by atoms with E-state index in [1.165, 1.54) is 16.7 Å². The van der Waals surface area contributed by atoms with Crippen LogP contribution in [0.15, 0.2) is 18.2 Å². The van der Waals surface area contributed by atoms with Crippen molar-refractivity contribution >= 4 is 11.9 Å². The summed E-state index contributed by atoms with van der Waals surface area (Å²) in [5.41, 5.74) is 3.70. The lowest BCUT2D eigenvalue weighted by Gasteiger charge is -2.21.